The summed E-state index contributed by atoms with van der Waals surface area (Å²) in [5, 5.41) is 12.3. The van der Waals surface area contributed by atoms with E-state index in [1.165, 1.54) is 0 Å². The quantitative estimate of drug-likeness (QED) is 0.851. The van der Waals surface area contributed by atoms with Gasteiger partial charge in [0.15, 0.2) is 0 Å². The zero-order valence-corrected chi connectivity index (χ0v) is 12.1. The number of aliphatic hydroxyl groups is 1. The van der Waals surface area contributed by atoms with E-state index in [1.807, 2.05) is 32.9 Å². The van der Waals surface area contributed by atoms with Crippen molar-refractivity contribution >= 4 is 6.03 Å². The highest BCUT2D eigenvalue weighted by Gasteiger charge is 2.18. The van der Waals surface area contributed by atoms with Gasteiger partial charge in [-0.1, -0.05) is 6.07 Å². The maximum Gasteiger partial charge on any atom is 0.318 e. The molecular weight excluding hydrogens is 242 g/mol. The van der Waals surface area contributed by atoms with Gasteiger partial charge in [-0.3, -0.25) is 4.98 Å². The van der Waals surface area contributed by atoms with Gasteiger partial charge in [-0.2, -0.15) is 0 Å². The van der Waals surface area contributed by atoms with Crippen LogP contribution in [-0.2, 0) is 6.54 Å². The Kier molecular flexibility index (Phi) is 5.76. The van der Waals surface area contributed by atoms with Crippen LogP contribution < -0.4 is 5.32 Å². The third kappa shape index (κ3) is 4.87. The SMILES string of the molecule is Cc1cccnc1CNC(=O)N(CC(C)O)C(C)C. The number of urea groups is 1. The number of carbonyl (C=O) groups excluding carboxylic acids is 1. The van der Waals surface area contributed by atoms with Crippen molar-refractivity contribution in [3.63, 3.8) is 0 Å². The van der Waals surface area contributed by atoms with Crippen molar-refractivity contribution in [3.05, 3.63) is 29.6 Å². The Labute approximate surface area is 114 Å². The van der Waals surface area contributed by atoms with Crippen LogP contribution in [0.4, 0.5) is 4.79 Å². The fourth-order valence-corrected chi connectivity index (χ4v) is 1.78. The first kappa shape index (κ1) is 15.4. The Bertz CT molecular complexity index is 419. The lowest BCUT2D eigenvalue weighted by atomic mass is 10.2. The van der Waals surface area contributed by atoms with Crippen LogP contribution in [0.1, 0.15) is 32.0 Å². The lowest BCUT2D eigenvalue weighted by Gasteiger charge is -2.28. The van der Waals surface area contributed by atoms with Gasteiger partial charge in [0.25, 0.3) is 0 Å². The topological polar surface area (TPSA) is 65.5 Å². The second kappa shape index (κ2) is 7.09. The molecule has 0 aromatic carbocycles. The summed E-state index contributed by atoms with van der Waals surface area (Å²) >= 11 is 0. The molecule has 1 aromatic heterocycles. The molecule has 106 valence electrons. The first-order valence-corrected chi connectivity index (χ1v) is 6.54. The molecular formula is C14H23N3O2. The van der Waals surface area contributed by atoms with Crippen LogP contribution in [0, 0.1) is 6.92 Å². The Morgan fingerprint density at radius 3 is 2.68 bits per heavy atom. The number of aliphatic hydroxyl groups excluding tert-OH is 1. The molecule has 1 atom stereocenters. The van der Waals surface area contributed by atoms with E-state index in [1.54, 1.807) is 18.0 Å². The molecule has 19 heavy (non-hydrogen) atoms. The van der Waals surface area contributed by atoms with Crippen molar-refractivity contribution in [2.75, 3.05) is 6.54 Å². The monoisotopic (exact) mass is 265 g/mol. The minimum absolute atomic E-state index is 0.0411. The van der Waals surface area contributed by atoms with E-state index in [0.29, 0.717) is 13.1 Å². The molecule has 0 bridgehead atoms. The number of aromatic nitrogens is 1. The van der Waals surface area contributed by atoms with Crippen LogP contribution in [0.5, 0.6) is 0 Å². The molecule has 2 N–H and O–H groups in total. The molecule has 1 aromatic rings. The van der Waals surface area contributed by atoms with Gasteiger partial charge in [-0.05, 0) is 39.3 Å². The average molecular weight is 265 g/mol. The summed E-state index contributed by atoms with van der Waals surface area (Å²) < 4.78 is 0. The Morgan fingerprint density at radius 1 is 1.47 bits per heavy atom. The first-order valence-electron chi connectivity index (χ1n) is 6.54. The minimum Gasteiger partial charge on any atom is -0.392 e. The molecule has 0 fully saturated rings. The van der Waals surface area contributed by atoms with Gasteiger partial charge in [0.2, 0.25) is 0 Å². The molecule has 0 aliphatic heterocycles. The standard InChI is InChI=1S/C14H23N3O2/c1-10(2)17(9-12(4)18)14(19)16-8-13-11(3)6-5-7-15-13/h5-7,10,12,18H,8-9H2,1-4H3,(H,16,19). The predicted octanol–water partition coefficient (Wildman–Crippen LogP) is 1.69. The van der Waals surface area contributed by atoms with E-state index in [2.05, 4.69) is 10.3 Å². The highest BCUT2D eigenvalue weighted by atomic mass is 16.3. The first-order chi connectivity index (χ1) is 8.91. The zero-order chi connectivity index (χ0) is 14.4. The second-order valence-electron chi connectivity index (χ2n) is 5.02. The number of carbonyl (C=O) groups is 1. The van der Waals surface area contributed by atoms with Gasteiger partial charge >= 0.3 is 6.03 Å². The van der Waals surface area contributed by atoms with E-state index in [-0.39, 0.29) is 12.1 Å². The maximum absolute atomic E-state index is 12.1. The number of pyridine rings is 1. The molecule has 1 unspecified atom stereocenters. The fraction of sp³-hybridized carbons (Fsp3) is 0.571. The van der Waals surface area contributed by atoms with E-state index < -0.39 is 6.10 Å². The van der Waals surface area contributed by atoms with Crippen LogP contribution in [0.15, 0.2) is 18.3 Å². The predicted molar refractivity (Wildman–Crippen MR) is 74.7 cm³/mol. The van der Waals surface area contributed by atoms with Crippen molar-refractivity contribution in [2.45, 2.75) is 46.4 Å². The molecule has 0 radical (unpaired) electrons. The number of hydrogen-bond acceptors (Lipinski definition) is 3. The van der Waals surface area contributed by atoms with Crippen molar-refractivity contribution in [1.29, 1.82) is 0 Å². The summed E-state index contributed by atoms with van der Waals surface area (Å²) in [6, 6.07) is 3.69. The van der Waals surface area contributed by atoms with Gasteiger partial charge in [0.05, 0.1) is 18.3 Å². The number of nitrogens with one attached hydrogen (secondary N) is 1. The van der Waals surface area contributed by atoms with Crippen LogP contribution in [0.3, 0.4) is 0 Å². The summed E-state index contributed by atoms with van der Waals surface area (Å²) in [5.41, 5.74) is 1.91. The average Bonchev–Trinajstić information content (AvgIpc) is 2.34. The molecule has 0 spiro atoms. The van der Waals surface area contributed by atoms with Crippen molar-refractivity contribution in [1.82, 2.24) is 15.2 Å². The van der Waals surface area contributed by atoms with Gasteiger partial charge in [-0.25, -0.2) is 4.79 Å². The molecule has 5 nitrogen and oxygen atoms in total. The highest BCUT2D eigenvalue weighted by molar-refractivity contribution is 5.74. The molecule has 0 saturated carbocycles. The lowest BCUT2D eigenvalue weighted by molar-refractivity contribution is 0.118. The fourth-order valence-electron chi connectivity index (χ4n) is 1.78. The molecule has 0 saturated heterocycles. The smallest absolute Gasteiger partial charge is 0.318 e. The third-order valence-corrected chi connectivity index (χ3v) is 2.87. The molecule has 5 heteroatoms. The van der Waals surface area contributed by atoms with Crippen LogP contribution >= 0.6 is 0 Å². The second-order valence-corrected chi connectivity index (χ2v) is 5.02. The van der Waals surface area contributed by atoms with Gasteiger partial charge in [0, 0.05) is 18.8 Å². The van der Waals surface area contributed by atoms with Gasteiger partial charge < -0.3 is 15.3 Å². The van der Waals surface area contributed by atoms with Crippen molar-refractivity contribution in [3.8, 4) is 0 Å². The van der Waals surface area contributed by atoms with E-state index in [0.717, 1.165) is 11.3 Å². The Hall–Kier alpha value is -1.62. The summed E-state index contributed by atoms with van der Waals surface area (Å²) in [4.78, 5) is 17.9. The highest BCUT2D eigenvalue weighted by Crippen LogP contribution is 2.05. The Morgan fingerprint density at radius 2 is 2.16 bits per heavy atom. The minimum atomic E-state index is -0.537. The molecule has 0 aliphatic rings. The summed E-state index contributed by atoms with van der Waals surface area (Å²) in [5.74, 6) is 0. The third-order valence-electron chi connectivity index (χ3n) is 2.87. The lowest BCUT2D eigenvalue weighted by Crippen LogP contribution is -2.46. The van der Waals surface area contributed by atoms with Crippen molar-refractivity contribution < 1.29 is 9.90 Å². The van der Waals surface area contributed by atoms with Crippen LogP contribution in [-0.4, -0.2) is 39.7 Å². The van der Waals surface area contributed by atoms with Crippen LogP contribution in [0.25, 0.3) is 0 Å². The number of aryl methyl sites for hydroxylation is 1. The van der Waals surface area contributed by atoms with Gasteiger partial charge in [-0.15, -0.1) is 0 Å². The largest absolute Gasteiger partial charge is 0.392 e. The van der Waals surface area contributed by atoms with Crippen molar-refractivity contribution in [2.24, 2.45) is 0 Å². The number of nitrogens with zero attached hydrogens (tertiary/aromatic N) is 2. The van der Waals surface area contributed by atoms with E-state index >= 15 is 0 Å². The number of rotatable bonds is 5. The summed E-state index contributed by atoms with van der Waals surface area (Å²) in [7, 11) is 0. The maximum atomic E-state index is 12.1. The normalized spacial score (nSPS) is 12.3. The molecule has 0 aliphatic carbocycles. The van der Waals surface area contributed by atoms with E-state index in [9.17, 15) is 9.90 Å². The van der Waals surface area contributed by atoms with Crippen LogP contribution in [0.2, 0.25) is 0 Å². The molecule has 1 rings (SSSR count). The molecule has 2 amide bonds. The Balaban J connectivity index is 2.60. The van der Waals surface area contributed by atoms with Gasteiger partial charge in [0.1, 0.15) is 0 Å². The number of hydrogen-bond donors (Lipinski definition) is 2. The molecule has 1 heterocycles. The number of amides is 2. The summed E-state index contributed by atoms with van der Waals surface area (Å²) in [6.45, 7) is 8.21. The summed E-state index contributed by atoms with van der Waals surface area (Å²) in [6.07, 6.45) is 1.18. The zero-order valence-electron chi connectivity index (χ0n) is 12.1. The van der Waals surface area contributed by atoms with E-state index in [4.69, 9.17) is 0 Å².